The van der Waals surface area contributed by atoms with Crippen molar-refractivity contribution in [3.63, 3.8) is 0 Å². The SMILES string of the molecule is COCCCN(C)C(=O)C1CCC(CN)CC1. The Morgan fingerprint density at radius 2 is 2.00 bits per heavy atom. The Balaban J connectivity index is 2.27. The quantitative estimate of drug-likeness (QED) is 0.713. The predicted octanol–water partition coefficient (Wildman–Crippen LogP) is 1.25. The molecule has 17 heavy (non-hydrogen) atoms. The van der Waals surface area contributed by atoms with E-state index in [-0.39, 0.29) is 5.92 Å². The van der Waals surface area contributed by atoms with Crippen LogP contribution in [0.3, 0.4) is 0 Å². The van der Waals surface area contributed by atoms with E-state index in [1.54, 1.807) is 7.11 Å². The van der Waals surface area contributed by atoms with Crippen LogP contribution in [0.4, 0.5) is 0 Å². The zero-order valence-corrected chi connectivity index (χ0v) is 11.2. The van der Waals surface area contributed by atoms with E-state index in [2.05, 4.69) is 0 Å². The Morgan fingerprint density at radius 1 is 1.35 bits per heavy atom. The Bertz CT molecular complexity index is 225. The zero-order chi connectivity index (χ0) is 12.7. The van der Waals surface area contributed by atoms with Crippen LogP contribution >= 0.6 is 0 Å². The van der Waals surface area contributed by atoms with Gasteiger partial charge in [-0.25, -0.2) is 0 Å². The highest BCUT2D eigenvalue weighted by Crippen LogP contribution is 2.29. The van der Waals surface area contributed by atoms with E-state index in [0.29, 0.717) is 11.8 Å². The van der Waals surface area contributed by atoms with Crippen molar-refractivity contribution in [2.45, 2.75) is 32.1 Å². The Hall–Kier alpha value is -0.610. The molecular formula is C13H26N2O2. The molecule has 0 aromatic heterocycles. The summed E-state index contributed by atoms with van der Waals surface area (Å²) in [5.41, 5.74) is 5.66. The van der Waals surface area contributed by atoms with Crippen LogP contribution in [0.15, 0.2) is 0 Å². The molecule has 4 nitrogen and oxygen atoms in total. The number of amides is 1. The zero-order valence-electron chi connectivity index (χ0n) is 11.2. The number of rotatable bonds is 6. The molecule has 0 aliphatic heterocycles. The van der Waals surface area contributed by atoms with Crippen LogP contribution in [0.25, 0.3) is 0 Å². The number of hydrogen-bond acceptors (Lipinski definition) is 3. The van der Waals surface area contributed by atoms with Crippen molar-refractivity contribution in [3.05, 3.63) is 0 Å². The summed E-state index contributed by atoms with van der Waals surface area (Å²) in [6, 6.07) is 0. The summed E-state index contributed by atoms with van der Waals surface area (Å²) >= 11 is 0. The fourth-order valence-electron chi connectivity index (χ4n) is 2.51. The van der Waals surface area contributed by atoms with Crippen LogP contribution in [0.1, 0.15) is 32.1 Å². The largest absolute Gasteiger partial charge is 0.385 e. The second-order valence-electron chi connectivity index (χ2n) is 5.06. The number of carbonyl (C=O) groups is 1. The van der Waals surface area contributed by atoms with Crippen molar-refractivity contribution < 1.29 is 9.53 Å². The van der Waals surface area contributed by atoms with E-state index in [0.717, 1.165) is 51.8 Å². The van der Waals surface area contributed by atoms with Crippen LogP contribution < -0.4 is 5.73 Å². The summed E-state index contributed by atoms with van der Waals surface area (Å²) in [6.07, 6.45) is 5.15. The van der Waals surface area contributed by atoms with Gasteiger partial charge >= 0.3 is 0 Å². The van der Waals surface area contributed by atoms with Gasteiger partial charge in [-0.05, 0) is 44.6 Å². The fourth-order valence-corrected chi connectivity index (χ4v) is 2.51. The summed E-state index contributed by atoms with van der Waals surface area (Å²) in [5.74, 6) is 1.17. The molecule has 0 bridgehead atoms. The van der Waals surface area contributed by atoms with Crippen molar-refractivity contribution in [3.8, 4) is 0 Å². The van der Waals surface area contributed by atoms with E-state index in [1.165, 1.54) is 0 Å². The molecule has 1 saturated carbocycles. The number of hydrogen-bond donors (Lipinski definition) is 1. The van der Waals surface area contributed by atoms with E-state index in [9.17, 15) is 4.79 Å². The molecule has 1 amide bonds. The number of nitrogens with zero attached hydrogens (tertiary/aromatic N) is 1. The van der Waals surface area contributed by atoms with Gasteiger partial charge in [-0.1, -0.05) is 0 Å². The van der Waals surface area contributed by atoms with Crippen molar-refractivity contribution >= 4 is 5.91 Å². The average molecular weight is 242 g/mol. The maximum Gasteiger partial charge on any atom is 0.225 e. The Kier molecular flexibility index (Phi) is 6.52. The summed E-state index contributed by atoms with van der Waals surface area (Å²) in [6.45, 7) is 2.28. The highest BCUT2D eigenvalue weighted by Gasteiger charge is 2.27. The molecule has 0 heterocycles. The third kappa shape index (κ3) is 4.64. The molecule has 0 spiro atoms. The van der Waals surface area contributed by atoms with Gasteiger partial charge in [0, 0.05) is 33.2 Å². The van der Waals surface area contributed by atoms with Crippen molar-refractivity contribution in [2.75, 3.05) is 33.9 Å². The first-order valence-electron chi connectivity index (χ1n) is 6.63. The van der Waals surface area contributed by atoms with Gasteiger partial charge < -0.3 is 15.4 Å². The van der Waals surface area contributed by atoms with Crippen molar-refractivity contribution in [1.82, 2.24) is 4.90 Å². The molecule has 0 atom stereocenters. The van der Waals surface area contributed by atoms with E-state index in [4.69, 9.17) is 10.5 Å². The van der Waals surface area contributed by atoms with Crippen LogP contribution in [0.5, 0.6) is 0 Å². The molecular weight excluding hydrogens is 216 g/mol. The number of ether oxygens (including phenoxy) is 1. The third-order valence-electron chi connectivity index (χ3n) is 3.75. The Labute approximate surface area is 104 Å². The number of nitrogens with two attached hydrogens (primary N) is 1. The molecule has 4 heteroatoms. The molecule has 1 aliphatic rings. The normalized spacial score (nSPS) is 24.6. The first-order chi connectivity index (χ1) is 8.19. The van der Waals surface area contributed by atoms with Gasteiger partial charge in [-0.2, -0.15) is 0 Å². The maximum atomic E-state index is 12.1. The molecule has 1 fully saturated rings. The molecule has 0 unspecified atom stereocenters. The monoisotopic (exact) mass is 242 g/mol. The first kappa shape index (κ1) is 14.5. The summed E-state index contributed by atoms with van der Waals surface area (Å²) in [5, 5.41) is 0. The van der Waals surface area contributed by atoms with E-state index in [1.807, 2.05) is 11.9 Å². The van der Waals surface area contributed by atoms with Crippen LogP contribution in [-0.4, -0.2) is 44.7 Å². The summed E-state index contributed by atoms with van der Waals surface area (Å²) in [7, 11) is 3.59. The van der Waals surface area contributed by atoms with Crippen LogP contribution in [0, 0.1) is 11.8 Å². The smallest absolute Gasteiger partial charge is 0.225 e. The van der Waals surface area contributed by atoms with Gasteiger partial charge in [0.2, 0.25) is 5.91 Å². The Morgan fingerprint density at radius 3 is 2.53 bits per heavy atom. The number of carbonyl (C=O) groups excluding carboxylic acids is 1. The fraction of sp³-hybridized carbons (Fsp3) is 0.923. The van der Waals surface area contributed by atoms with Gasteiger partial charge in [-0.15, -0.1) is 0 Å². The minimum absolute atomic E-state index is 0.227. The number of methoxy groups -OCH3 is 1. The van der Waals surface area contributed by atoms with Gasteiger partial charge in [-0.3, -0.25) is 4.79 Å². The predicted molar refractivity (Wildman–Crippen MR) is 68.6 cm³/mol. The molecule has 0 aromatic rings. The topological polar surface area (TPSA) is 55.6 Å². The average Bonchev–Trinajstić information content (AvgIpc) is 2.38. The lowest BCUT2D eigenvalue weighted by Gasteiger charge is -2.30. The van der Waals surface area contributed by atoms with Crippen LogP contribution in [-0.2, 0) is 9.53 Å². The first-order valence-corrected chi connectivity index (χ1v) is 6.63. The second-order valence-corrected chi connectivity index (χ2v) is 5.06. The minimum atomic E-state index is 0.227. The van der Waals surface area contributed by atoms with Crippen LogP contribution in [0.2, 0.25) is 0 Å². The molecule has 100 valence electrons. The highest BCUT2D eigenvalue weighted by atomic mass is 16.5. The summed E-state index contributed by atoms with van der Waals surface area (Å²) < 4.78 is 4.99. The second kappa shape index (κ2) is 7.67. The molecule has 1 aliphatic carbocycles. The highest BCUT2D eigenvalue weighted by molar-refractivity contribution is 5.78. The van der Waals surface area contributed by atoms with Crippen molar-refractivity contribution in [1.29, 1.82) is 0 Å². The molecule has 0 saturated heterocycles. The van der Waals surface area contributed by atoms with Crippen molar-refractivity contribution in [2.24, 2.45) is 17.6 Å². The van der Waals surface area contributed by atoms with E-state index < -0.39 is 0 Å². The molecule has 2 N–H and O–H groups in total. The molecule has 1 rings (SSSR count). The third-order valence-corrected chi connectivity index (χ3v) is 3.75. The summed E-state index contributed by atoms with van der Waals surface area (Å²) in [4.78, 5) is 14.0. The van der Waals surface area contributed by atoms with Gasteiger partial charge in [0.1, 0.15) is 0 Å². The van der Waals surface area contributed by atoms with Gasteiger partial charge in [0.25, 0.3) is 0 Å². The lowest BCUT2D eigenvalue weighted by atomic mass is 9.81. The minimum Gasteiger partial charge on any atom is -0.385 e. The molecule has 0 aromatic carbocycles. The lowest BCUT2D eigenvalue weighted by molar-refractivity contribution is -0.135. The standard InChI is InChI=1S/C13H26N2O2/c1-15(8-3-9-17-2)13(16)12-6-4-11(10-14)5-7-12/h11-12H,3-10,14H2,1-2H3. The molecule has 0 radical (unpaired) electrons. The maximum absolute atomic E-state index is 12.1. The lowest BCUT2D eigenvalue weighted by Crippen LogP contribution is -2.36. The van der Waals surface area contributed by atoms with E-state index >= 15 is 0 Å². The van der Waals surface area contributed by atoms with Gasteiger partial charge in [0.05, 0.1) is 0 Å². The van der Waals surface area contributed by atoms with Gasteiger partial charge in [0.15, 0.2) is 0 Å².